The molecule has 3 aromatic rings. The topological polar surface area (TPSA) is 78.8 Å². The lowest BCUT2D eigenvalue weighted by Gasteiger charge is -2.27. The summed E-state index contributed by atoms with van der Waals surface area (Å²) in [6, 6.07) is 22.3. The molecule has 0 aromatic heterocycles. The summed E-state index contributed by atoms with van der Waals surface area (Å²) in [5.41, 5.74) is 3.93. The van der Waals surface area contributed by atoms with Crippen molar-refractivity contribution in [3.05, 3.63) is 101 Å². The number of rotatable bonds is 10. The summed E-state index contributed by atoms with van der Waals surface area (Å²) in [4.78, 5) is 4.78. The number of phenolic OH excluding ortho intramolecular Hbond substituents is 1. The highest BCUT2D eigenvalue weighted by molar-refractivity contribution is 7.89. The maximum Gasteiger partial charge on any atom is 0.214 e. The van der Waals surface area contributed by atoms with E-state index in [1.165, 1.54) is 0 Å². The second-order valence-corrected chi connectivity index (χ2v) is 15.0. The van der Waals surface area contributed by atoms with Crippen LogP contribution in [0.3, 0.4) is 0 Å². The fourth-order valence-corrected chi connectivity index (χ4v) is 6.22. The van der Waals surface area contributed by atoms with Crippen molar-refractivity contribution >= 4 is 16.2 Å². The van der Waals surface area contributed by atoms with E-state index in [-0.39, 0.29) is 28.3 Å². The molecule has 0 saturated heterocycles. The summed E-state index contributed by atoms with van der Waals surface area (Å²) in [5, 5.41) is 11.2. The Balaban J connectivity index is 1.96. The molecule has 40 heavy (non-hydrogen) atoms. The Morgan fingerprint density at radius 1 is 0.850 bits per heavy atom. The number of aliphatic imine (C=N–C) groups is 1. The number of nitrogens with zero attached hydrogens (tertiary/aromatic N) is 1. The molecule has 216 valence electrons. The third kappa shape index (κ3) is 8.77. The van der Waals surface area contributed by atoms with Gasteiger partial charge in [0.2, 0.25) is 10.0 Å². The highest BCUT2D eigenvalue weighted by Crippen LogP contribution is 2.37. The van der Waals surface area contributed by atoms with Crippen LogP contribution in [0.1, 0.15) is 95.7 Å². The van der Waals surface area contributed by atoms with E-state index >= 15 is 0 Å². The molecular weight excluding hydrogens is 516 g/mol. The Bertz CT molecular complexity index is 1350. The normalized spacial score (nSPS) is 13.8. The average molecular weight is 563 g/mol. The third-order valence-corrected chi connectivity index (χ3v) is 8.37. The van der Waals surface area contributed by atoms with E-state index in [0.717, 1.165) is 22.3 Å². The minimum Gasteiger partial charge on any atom is -0.507 e. The lowest BCUT2D eigenvalue weighted by Crippen LogP contribution is -2.35. The highest BCUT2D eigenvalue weighted by Gasteiger charge is 2.27. The van der Waals surface area contributed by atoms with E-state index in [4.69, 9.17) is 4.99 Å². The molecule has 0 spiro atoms. The highest BCUT2D eigenvalue weighted by atomic mass is 32.2. The molecule has 1 unspecified atom stereocenters. The molecule has 0 aliphatic heterocycles. The van der Waals surface area contributed by atoms with Gasteiger partial charge in [-0.25, -0.2) is 13.1 Å². The number of hydrogen-bond acceptors (Lipinski definition) is 4. The van der Waals surface area contributed by atoms with E-state index in [0.29, 0.717) is 12.0 Å². The maximum absolute atomic E-state index is 13.6. The molecule has 0 amide bonds. The van der Waals surface area contributed by atoms with E-state index in [2.05, 4.69) is 66.2 Å². The second-order valence-electron chi connectivity index (χ2n) is 13.2. The second kappa shape index (κ2) is 12.7. The predicted octanol–water partition coefficient (Wildman–Crippen LogP) is 7.53. The molecule has 2 N–H and O–H groups in total. The first kappa shape index (κ1) is 31.6. The lowest BCUT2D eigenvalue weighted by molar-refractivity contribution is 0.443. The van der Waals surface area contributed by atoms with Crippen molar-refractivity contribution in [1.82, 2.24) is 4.72 Å². The summed E-state index contributed by atoms with van der Waals surface area (Å²) in [5.74, 6) is 0.293. The molecule has 5 nitrogen and oxygen atoms in total. The first-order valence-electron chi connectivity index (χ1n) is 14.1. The van der Waals surface area contributed by atoms with Gasteiger partial charge in [-0.15, -0.1) is 0 Å². The van der Waals surface area contributed by atoms with Gasteiger partial charge in [0.25, 0.3) is 0 Å². The van der Waals surface area contributed by atoms with Crippen LogP contribution in [0.5, 0.6) is 5.75 Å². The van der Waals surface area contributed by atoms with Crippen LogP contribution in [0.15, 0.2) is 77.8 Å². The number of phenols is 1. The Morgan fingerprint density at radius 2 is 1.38 bits per heavy atom. The molecule has 0 radical (unpaired) electrons. The fourth-order valence-electron chi connectivity index (χ4n) is 4.76. The maximum atomic E-state index is 13.6. The molecule has 6 heteroatoms. The molecule has 3 rings (SSSR count). The van der Waals surface area contributed by atoms with Gasteiger partial charge in [-0.05, 0) is 45.9 Å². The van der Waals surface area contributed by atoms with Crippen molar-refractivity contribution in [3.8, 4) is 5.75 Å². The Kier molecular flexibility index (Phi) is 10.0. The summed E-state index contributed by atoms with van der Waals surface area (Å²) in [6.07, 6.45) is 2.26. The number of hydrogen-bond donors (Lipinski definition) is 2. The van der Waals surface area contributed by atoms with Crippen molar-refractivity contribution in [2.24, 2.45) is 10.9 Å². The van der Waals surface area contributed by atoms with Crippen molar-refractivity contribution in [2.45, 2.75) is 84.7 Å². The molecule has 3 aromatic carbocycles. The summed E-state index contributed by atoms with van der Waals surface area (Å²) in [7, 11) is -3.73. The van der Waals surface area contributed by atoms with Crippen LogP contribution < -0.4 is 4.72 Å². The van der Waals surface area contributed by atoms with Crippen molar-refractivity contribution < 1.29 is 13.5 Å². The molecule has 0 aliphatic rings. The van der Waals surface area contributed by atoms with Crippen LogP contribution in [-0.2, 0) is 20.9 Å². The van der Waals surface area contributed by atoms with Gasteiger partial charge in [0.1, 0.15) is 5.75 Å². The van der Waals surface area contributed by atoms with Gasteiger partial charge in [0.05, 0.1) is 17.8 Å². The fraction of sp³-hybridized carbons (Fsp3) is 0.441. The minimum atomic E-state index is -3.73. The van der Waals surface area contributed by atoms with E-state index < -0.39 is 22.1 Å². The smallest absolute Gasteiger partial charge is 0.214 e. The van der Waals surface area contributed by atoms with Gasteiger partial charge >= 0.3 is 0 Å². The summed E-state index contributed by atoms with van der Waals surface area (Å²) in [6.45, 7) is 16.8. The first-order valence-corrected chi connectivity index (χ1v) is 15.7. The number of benzene rings is 3. The van der Waals surface area contributed by atoms with E-state index in [1.807, 2.05) is 66.7 Å². The predicted molar refractivity (Wildman–Crippen MR) is 168 cm³/mol. The zero-order valence-corrected chi connectivity index (χ0v) is 26.1. The molecule has 0 saturated carbocycles. The van der Waals surface area contributed by atoms with E-state index in [9.17, 15) is 13.5 Å². The number of sulfonamides is 1. The van der Waals surface area contributed by atoms with Gasteiger partial charge in [-0.2, -0.15) is 0 Å². The third-order valence-electron chi connectivity index (χ3n) is 6.96. The number of aromatic hydroxyl groups is 1. The molecule has 1 atom stereocenters. The summed E-state index contributed by atoms with van der Waals surface area (Å²) >= 11 is 0. The Labute approximate surface area is 241 Å². The minimum absolute atomic E-state index is 0.120. The molecular formula is C34H46N2O3S. The van der Waals surface area contributed by atoms with Gasteiger partial charge in [0.15, 0.2) is 0 Å². The van der Waals surface area contributed by atoms with E-state index in [1.54, 1.807) is 6.21 Å². The molecule has 0 bridgehead atoms. The number of nitrogens with one attached hydrogen (secondary N) is 1. The zero-order valence-electron chi connectivity index (χ0n) is 25.3. The molecule has 0 aliphatic carbocycles. The molecule has 0 fully saturated rings. The van der Waals surface area contributed by atoms with Crippen LogP contribution in [0.25, 0.3) is 0 Å². The van der Waals surface area contributed by atoms with Crippen LogP contribution in [0.4, 0.5) is 0 Å². The van der Waals surface area contributed by atoms with Crippen LogP contribution >= 0.6 is 0 Å². The Morgan fingerprint density at radius 3 is 1.82 bits per heavy atom. The van der Waals surface area contributed by atoms with Crippen LogP contribution in [-0.4, -0.2) is 31.5 Å². The van der Waals surface area contributed by atoms with Gasteiger partial charge in [-0.1, -0.05) is 122 Å². The van der Waals surface area contributed by atoms with Crippen LogP contribution in [0.2, 0.25) is 0 Å². The van der Waals surface area contributed by atoms with Crippen molar-refractivity contribution in [1.29, 1.82) is 0 Å². The standard InChI is InChI=1S/C34H46N2O3S/c1-24(2)19-29(35-22-27-20-28(33(3,4)5)21-30(32(27)37)34(6,7)8)23-40(38,39)36-31(25-15-11-9-12-16-25)26-17-13-10-14-18-26/h9-18,20-22,24,29,31,36-37H,19,23H2,1-8H3. The van der Waals surface area contributed by atoms with Crippen LogP contribution in [0, 0.1) is 5.92 Å². The first-order chi connectivity index (χ1) is 18.6. The summed E-state index contributed by atoms with van der Waals surface area (Å²) < 4.78 is 30.1. The average Bonchev–Trinajstić information content (AvgIpc) is 2.85. The van der Waals surface area contributed by atoms with Gasteiger partial charge in [-0.3, -0.25) is 4.99 Å². The monoisotopic (exact) mass is 562 g/mol. The zero-order chi connectivity index (χ0) is 29.7. The lowest BCUT2D eigenvalue weighted by atomic mass is 9.79. The van der Waals surface area contributed by atoms with Gasteiger partial charge < -0.3 is 5.11 Å². The largest absolute Gasteiger partial charge is 0.507 e. The van der Waals surface area contributed by atoms with Crippen molar-refractivity contribution in [2.75, 3.05) is 5.75 Å². The molecule has 0 heterocycles. The SMILES string of the molecule is CC(C)CC(CS(=O)(=O)NC(c1ccccc1)c1ccccc1)N=Cc1cc(C(C)(C)C)cc(C(C)(C)C)c1O. The van der Waals surface area contributed by atoms with Crippen molar-refractivity contribution in [3.63, 3.8) is 0 Å². The quantitative estimate of drug-likeness (QED) is 0.251. The Hall–Kier alpha value is -2.96. The van der Waals surface area contributed by atoms with Gasteiger partial charge in [0, 0.05) is 17.3 Å².